The summed E-state index contributed by atoms with van der Waals surface area (Å²) in [6.07, 6.45) is 0.348. The van der Waals surface area contributed by atoms with Gasteiger partial charge in [-0.1, -0.05) is 34.1 Å². The molecule has 0 saturated carbocycles. The predicted molar refractivity (Wildman–Crippen MR) is 75.9 cm³/mol. The lowest BCUT2D eigenvalue weighted by Crippen LogP contribution is -2.03. The van der Waals surface area contributed by atoms with Crippen molar-refractivity contribution in [2.24, 2.45) is 0 Å². The van der Waals surface area contributed by atoms with E-state index in [0.717, 1.165) is 22.9 Å². The Labute approximate surface area is 122 Å². The fourth-order valence-electron chi connectivity index (χ4n) is 2.27. The van der Waals surface area contributed by atoms with Gasteiger partial charge < -0.3 is 5.32 Å². The zero-order valence-corrected chi connectivity index (χ0v) is 11.9. The maximum atomic E-state index is 13.3. The van der Waals surface area contributed by atoms with Gasteiger partial charge in [0, 0.05) is 5.69 Å². The maximum absolute atomic E-state index is 13.3. The Morgan fingerprint density at radius 2 is 1.75 bits per heavy atom. The van der Waals surface area contributed by atoms with Gasteiger partial charge in [-0.3, -0.25) is 4.79 Å². The second-order valence-corrected chi connectivity index (χ2v) is 5.59. The van der Waals surface area contributed by atoms with Crippen LogP contribution in [0, 0.1) is 11.6 Å². The first-order chi connectivity index (χ1) is 9.54. The monoisotopic (exact) mass is 337 g/mol. The fourth-order valence-corrected chi connectivity index (χ4v) is 2.84. The molecular weight excluding hydrogens is 328 g/mol. The van der Waals surface area contributed by atoms with E-state index in [1.807, 2.05) is 18.2 Å². The molecule has 0 spiro atoms. The van der Waals surface area contributed by atoms with Gasteiger partial charge in [0.25, 0.3) is 0 Å². The summed E-state index contributed by atoms with van der Waals surface area (Å²) in [7, 11) is 0. The van der Waals surface area contributed by atoms with Crippen molar-refractivity contribution in [3.63, 3.8) is 0 Å². The Hall–Kier alpha value is -1.75. The standard InChI is InChI=1S/C15H10BrF2NO/c16-15(9-1-3-11(17)12(18)6-9)8-2-4-13-10(5-8)7-14(20)19-13/h1-6,15H,7H2,(H,19,20). The van der Waals surface area contributed by atoms with E-state index >= 15 is 0 Å². The van der Waals surface area contributed by atoms with Gasteiger partial charge in [-0.2, -0.15) is 0 Å². The van der Waals surface area contributed by atoms with E-state index in [9.17, 15) is 13.6 Å². The molecule has 0 fully saturated rings. The van der Waals surface area contributed by atoms with Gasteiger partial charge in [-0.05, 0) is 34.9 Å². The number of hydrogen-bond acceptors (Lipinski definition) is 1. The summed E-state index contributed by atoms with van der Waals surface area (Å²) < 4.78 is 26.2. The number of alkyl halides is 1. The van der Waals surface area contributed by atoms with Crippen molar-refractivity contribution in [3.05, 3.63) is 64.7 Å². The van der Waals surface area contributed by atoms with Gasteiger partial charge in [0.15, 0.2) is 11.6 Å². The van der Waals surface area contributed by atoms with Crippen LogP contribution in [0.3, 0.4) is 0 Å². The third kappa shape index (κ3) is 2.33. The Kier molecular flexibility index (Phi) is 3.30. The van der Waals surface area contributed by atoms with Crippen LogP contribution in [-0.2, 0) is 11.2 Å². The molecule has 3 rings (SSSR count). The number of hydrogen-bond donors (Lipinski definition) is 1. The van der Waals surface area contributed by atoms with Crippen LogP contribution in [0.15, 0.2) is 36.4 Å². The van der Waals surface area contributed by atoms with E-state index in [1.54, 1.807) is 0 Å². The highest BCUT2D eigenvalue weighted by atomic mass is 79.9. The first kappa shape index (κ1) is 13.2. The topological polar surface area (TPSA) is 29.1 Å². The molecule has 2 aromatic carbocycles. The van der Waals surface area contributed by atoms with E-state index in [0.29, 0.717) is 12.0 Å². The number of fused-ring (bicyclic) bond motifs is 1. The number of carbonyl (C=O) groups excluding carboxylic acids is 1. The molecule has 1 amide bonds. The molecule has 102 valence electrons. The number of amides is 1. The highest BCUT2D eigenvalue weighted by Gasteiger charge is 2.20. The van der Waals surface area contributed by atoms with Gasteiger partial charge in [-0.25, -0.2) is 8.78 Å². The van der Waals surface area contributed by atoms with Crippen LogP contribution >= 0.6 is 15.9 Å². The molecule has 0 radical (unpaired) electrons. The third-order valence-corrected chi connectivity index (χ3v) is 4.34. The van der Waals surface area contributed by atoms with Crippen molar-refractivity contribution in [2.75, 3.05) is 5.32 Å². The lowest BCUT2D eigenvalue weighted by molar-refractivity contribution is -0.115. The summed E-state index contributed by atoms with van der Waals surface area (Å²) >= 11 is 3.48. The summed E-state index contributed by atoms with van der Waals surface area (Å²) in [4.78, 5) is 11.1. The lowest BCUT2D eigenvalue weighted by atomic mass is 10.0. The minimum atomic E-state index is -0.870. The number of carbonyl (C=O) groups is 1. The van der Waals surface area contributed by atoms with Crippen LogP contribution in [0.2, 0.25) is 0 Å². The lowest BCUT2D eigenvalue weighted by Gasteiger charge is -2.12. The first-order valence-corrected chi connectivity index (χ1v) is 6.98. The molecule has 2 aromatic rings. The minimum absolute atomic E-state index is 0.0314. The number of halogens is 3. The van der Waals surface area contributed by atoms with E-state index in [1.165, 1.54) is 12.1 Å². The summed E-state index contributed by atoms with van der Waals surface area (Å²) in [6, 6.07) is 9.39. The van der Waals surface area contributed by atoms with E-state index < -0.39 is 11.6 Å². The second kappa shape index (κ2) is 4.98. The number of benzene rings is 2. The molecule has 1 unspecified atom stereocenters. The molecule has 1 N–H and O–H groups in total. The zero-order chi connectivity index (χ0) is 14.3. The predicted octanol–water partition coefficient (Wildman–Crippen LogP) is 3.94. The maximum Gasteiger partial charge on any atom is 0.228 e. The Morgan fingerprint density at radius 1 is 1.05 bits per heavy atom. The van der Waals surface area contributed by atoms with Crippen molar-refractivity contribution in [2.45, 2.75) is 11.2 Å². The molecule has 0 saturated heterocycles. The highest BCUT2D eigenvalue weighted by Crippen LogP contribution is 2.34. The van der Waals surface area contributed by atoms with Crippen LogP contribution in [0.5, 0.6) is 0 Å². The molecule has 0 aliphatic carbocycles. The Morgan fingerprint density at radius 3 is 2.50 bits per heavy atom. The summed E-state index contributed by atoms with van der Waals surface area (Å²) in [5.74, 6) is -1.77. The molecule has 2 nitrogen and oxygen atoms in total. The summed E-state index contributed by atoms with van der Waals surface area (Å²) in [6.45, 7) is 0. The normalized spacial score (nSPS) is 14.8. The van der Waals surface area contributed by atoms with Gasteiger partial charge in [0.05, 0.1) is 11.2 Å². The van der Waals surface area contributed by atoms with Crippen LogP contribution in [0.25, 0.3) is 0 Å². The minimum Gasteiger partial charge on any atom is -0.326 e. The number of anilines is 1. The number of nitrogens with one attached hydrogen (secondary N) is 1. The van der Waals surface area contributed by atoms with Crippen molar-refractivity contribution in [1.29, 1.82) is 0 Å². The molecule has 1 atom stereocenters. The molecule has 0 bridgehead atoms. The van der Waals surface area contributed by atoms with Crippen LogP contribution in [0.4, 0.5) is 14.5 Å². The van der Waals surface area contributed by atoms with Crippen molar-refractivity contribution in [1.82, 2.24) is 0 Å². The van der Waals surface area contributed by atoms with E-state index in [2.05, 4.69) is 21.2 Å². The third-order valence-electron chi connectivity index (χ3n) is 3.28. The van der Waals surface area contributed by atoms with Crippen molar-refractivity contribution >= 4 is 27.5 Å². The molecule has 1 aliphatic rings. The average molecular weight is 338 g/mol. The van der Waals surface area contributed by atoms with Gasteiger partial charge in [0.1, 0.15) is 0 Å². The SMILES string of the molecule is O=C1Cc2cc(C(Br)c3ccc(F)c(F)c3)ccc2N1. The number of rotatable bonds is 2. The van der Waals surface area contributed by atoms with Crippen LogP contribution < -0.4 is 5.32 Å². The molecule has 20 heavy (non-hydrogen) atoms. The summed E-state index contributed by atoms with van der Waals surface area (Å²) in [5.41, 5.74) is 3.25. The van der Waals surface area contributed by atoms with Crippen LogP contribution in [0.1, 0.15) is 21.5 Å². The Bertz CT molecular complexity index is 702. The van der Waals surface area contributed by atoms with Crippen LogP contribution in [-0.4, -0.2) is 5.91 Å². The van der Waals surface area contributed by atoms with Crippen molar-refractivity contribution in [3.8, 4) is 0 Å². The van der Waals surface area contributed by atoms with Gasteiger partial charge >= 0.3 is 0 Å². The largest absolute Gasteiger partial charge is 0.326 e. The van der Waals surface area contributed by atoms with Crippen molar-refractivity contribution < 1.29 is 13.6 Å². The quantitative estimate of drug-likeness (QED) is 0.826. The average Bonchev–Trinajstić information content (AvgIpc) is 2.80. The molecule has 0 aromatic heterocycles. The van der Waals surface area contributed by atoms with Gasteiger partial charge in [-0.15, -0.1) is 0 Å². The summed E-state index contributed by atoms with van der Waals surface area (Å²) in [5, 5.41) is 2.76. The molecular formula is C15H10BrF2NO. The zero-order valence-electron chi connectivity index (χ0n) is 10.3. The molecule has 1 heterocycles. The smallest absolute Gasteiger partial charge is 0.228 e. The fraction of sp³-hybridized carbons (Fsp3) is 0.133. The van der Waals surface area contributed by atoms with E-state index in [-0.39, 0.29) is 10.7 Å². The second-order valence-electron chi connectivity index (χ2n) is 4.68. The Balaban J connectivity index is 1.94. The highest BCUT2D eigenvalue weighted by molar-refractivity contribution is 9.09. The first-order valence-electron chi connectivity index (χ1n) is 6.06. The van der Waals surface area contributed by atoms with E-state index in [4.69, 9.17) is 0 Å². The molecule has 1 aliphatic heterocycles. The molecule has 5 heteroatoms. The van der Waals surface area contributed by atoms with Gasteiger partial charge in [0.2, 0.25) is 5.91 Å².